The van der Waals surface area contributed by atoms with Crippen molar-refractivity contribution < 1.29 is 9.90 Å². The van der Waals surface area contributed by atoms with Crippen LogP contribution >= 0.6 is 0 Å². The van der Waals surface area contributed by atoms with Crippen LogP contribution < -0.4 is 4.90 Å². The van der Waals surface area contributed by atoms with Gasteiger partial charge in [0, 0.05) is 12.6 Å². The number of aromatic carboxylic acids is 1. The second-order valence-corrected chi connectivity index (χ2v) is 5.22. The normalized spacial score (nSPS) is 12.2. The fraction of sp³-hybridized carbons (Fsp3) is 0.667. The van der Waals surface area contributed by atoms with Gasteiger partial charge >= 0.3 is 5.97 Å². The van der Waals surface area contributed by atoms with Crippen molar-refractivity contribution in [2.45, 2.75) is 59.9 Å². The van der Waals surface area contributed by atoms with Crippen LogP contribution in [0.2, 0.25) is 0 Å². The van der Waals surface area contributed by atoms with E-state index in [0.717, 1.165) is 25.8 Å². The van der Waals surface area contributed by atoms with Gasteiger partial charge in [-0.3, -0.25) is 0 Å². The smallest absolute Gasteiger partial charge is 0.339 e. The highest BCUT2D eigenvalue weighted by molar-refractivity contribution is 5.95. The van der Waals surface area contributed by atoms with Gasteiger partial charge in [0.05, 0.1) is 5.69 Å². The molecule has 0 aliphatic rings. The van der Waals surface area contributed by atoms with E-state index in [1.807, 2.05) is 0 Å². The van der Waals surface area contributed by atoms with Crippen molar-refractivity contribution in [2.75, 3.05) is 11.4 Å². The molecule has 1 heterocycles. The number of carboxylic acid groups (broad SMARTS) is 1. The van der Waals surface area contributed by atoms with Crippen LogP contribution in [0.4, 0.5) is 5.82 Å². The Morgan fingerprint density at radius 2 is 1.95 bits per heavy atom. The lowest BCUT2D eigenvalue weighted by molar-refractivity contribution is 0.0696. The minimum absolute atomic E-state index is 0.246. The van der Waals surface area contributed by atoms with Gasteiger partial charge in [0.15, 0.2) is 5.82 Å². The predicted molar refractivity (Wildman–Crippen MR) is 80.5 cm³/mol. The van der Waals surface area contributed by atoms with Crippen molar-refractivity contribution in [3.05, 3.63) is 16.8 Å². The summed E-state index contributed by atoms with van der Waals surface area (Å²) in [4.78, 5) is 13.7. The first-order valence-corrected chi connectivity index (χ1v) is 7.27. The third kappa shape index (κ3) is 3.46. The number of hydrogen-bond donors (Lipinski definition) is 1. The largest absolute Gasteiger partial charge is 0.478 e. The van der Waals surface area contributed by atoms with Gasteiger partial charge in [-0.05, 0) is 39.2 Å². The van der Waals surface area contributed by atoms with E-state index in [1.54, 1.807) is 13.8 Å². The molecule has 0 amide bonds. The van der Waals surface area contributed by atoms with E-state index in [2.05, 4.69) is 35.9 Å². The monoisotopic (exact) mass is 279 g/mol. The molecule has 1 rings (SSSR count). The zero-order valence-corrected chi connectivity index (χ0v) is 13.1. The molecule has 0 aromatic carbocycles. The second kappa shape index (κ2) is 7.22. The number of unbranched alkanes of at least 4 members (excludes halogenated alkanes) is 1. The topological polar surface area (TPSA) is 66.3 Å². The summed E-state index contributed by atoms with van der Waals surface area (Å²) in [6, 6.07) is 0.246. The minimum atomic E-state index is -0.930. The second-order valence-electron chi connectivity index (χ2n) is 5.22. The molecule has 0 fully saturated rings. The van der Waals surface area contributed by atoms with Crippen LogP contribution in [0.1, 0.15) is 61.6 Å². The van der Waals surface area contributed by atoms with Crippen LogP contribution in [-0.2, 0) is 0 Å². The van der Waals surface area contributed by atoms with E-state index in [-0.39, 0.29) is 11.6 Å². The number of aromatic nitrogens is 2. The Hall–Kier alpha value is -1.65. The van der Waals surface area contributed by atoms with Gasteiger partial charge in [-0.1, -0.05) is 20.3 Å². The predicted octanol–water partition coefficient (Wildman–Crippen LogP) is 3.20. The van der Waals surface area contributed by atoms with E-state index >= 15 is 0 Å². The summed E-state index contributed by atoms with van der Waals surface area (Å²) in [6.07, 6.45) is 3.02. The Balaban J connectivity index is 3.31. The lowest BCUT2D eigenvalue weighted by atomic mass is 10.1. The third-order valence-electron chi connectivity index (χ3n) is 3.80. The molecule has 1 N–H and O–H groups in total. The molecular weight excluding hydrogens is 254 g/mol. The molecule has 0 radical (unpaired) electrons. The van der Waals surface area contributed by atoms with Gasteiger partial charge in [0.25, 0.3) is 0 Å². The molecule has 0 aliphatic carbocycles. The minimum Gasteiger partial charge on any atom is -0.478 e. The molecule has 1 aromatic heterocycles. The summed E-state index contributed by atoms with van der Waals surface area (Å²) in [5.74, 6) is -0.427. The van der Waals surface area contributed by atoms with Gasteiger partial charge in [-0.2, -0.15) is 5.10 Å². The van der Waals surface area contributed by atoms with Crippen molar-refractivity contribution in [1.82, 2.24) is 10.2 Å². The highest BCUT2D eigenvalue weighted by Crippen LogP contribution is 2.25. The number of nitrogens with zero attached hydrogens (tertiary/aromatic N) is 3. The number of aryl methyl sites for hydroxylation is 1. The molecule has 0 bridgehead atoms. The summed E-state index contributed by atoms with van der Waals surface area (Å²) in [7, 11) is 0. The molecule has 5 nitrogen and oxygen atoms in total. The molecule has 0 saturated heterocycles. The van der Waals surface area contributed by atoms with E-state index < -0.39 is 5.97 Å². The number of carbonyl (C=O) groups is 1. The Labute approximate surface area is 121 Å². The fourth-order valence-corrected chi connectivity index (χ4v) is 2.14. The lowest BCUT2D eigenvalue weighted by Gasteiger charge is -2.30. The van der Waals surface area contributed by atoms with Gasteiger partial charge in [0.1, 0.15) is 5.56 Å². The van der Waals surface area contributed by atoms with E-state index in [9.17, 15) is 9.90 Å². The first kappa shape index (κ1) is 16.4. The zero-order valence-electron chi connectivity index (χ0n) is 13.1. The summed E-state index contributed by atoms with van der Waals surface area (Å²) < 4.78 is 0. The van der Waals surface area contributed by atoms with E-state index in [1.165, 1.54) is 0 Å². The maximum Gasteiger partial charge on any atom is 0.339 e. The molecule has 112 valence electrons. The molecular formula is C15H25N3O2. The van der Waals surface area contributed by atoms with Crippen LogP contribution in [-0.4, -0.2) is 33.9 Å². The number of rotatable bonds is 7. The SMILES string of the molecule is CCCCN(c1nnc(C)c(C)c1C(=O)O)C(C)CC. The van der Waals surface area contributed by atoms with E-state index in [4.69, 9.17) is 0 Å². The number of hydrogen-bond acceptors (Lipinski definition) is 4. The van der Waals surface area contributed by atoms with Crippen molar-refractivity contribution in [2.24, 2.45) is 0 Å². The molecule has 0 spiro atoms. The molecule has 1 unspecified atom stereocenters. The molecule has 20 heavy (non-hydrogen) atoms. The summed E-state index contributed by atoms with van der Waals surface area (Å²) in [5, 5.41) is 17.8. The van der Waals surface area contributed by atoms with Crippen molar-refractivity contribution >= 4 is 11.8 Å². The maximum atomic E-state index is 11.6. The lowest BCUT2D eigenvalue weighted by Crippen LogP contribution is -2.36. The molecule has 0 saturated carbocycles. The summed E-state index contributed by atoms with van der Waals surface area (Å²) in [6.45, 7) is 10.7. The number of anilines is 1. The van der Waals surface area contributed by atoms with Crippen molar-refractivity contribution in [1.29, 1.82) is 0 Å². The van der Waals surface area contributed by atoms with Crippen LogP contribution in [0.3, 0.4) is 0 Å². The molecule has 5 heteroatoms. The quantitative estimate of drug-likeness (QED) is 0.830. The highest BCUT2D eigenvalue weighted by Gasteiger charge is 2.24. The van der Waals surface area contributed by atoms with E-state index in [0.29, 0.717) is 17.1 Å². The van der Waals surface area contributed by atoms with Gasteiger partial charge in [0.2, 0.25) is 0 Å². The fourth-order valence-electron chi connectivity index (χ4n) is 2.14. The van der Waals surface area contributed by atoms with Gasteiger partial charge in [-0.25, -0.2) is 4.79 Å². The van der Waals surface area contributed by atoms with Crippen molar-refractivity contribution in [3.8, 4) is 0 Å². The first-order valence-electron chi connectivity index (χ1n) is 7.27. The van der Waals surface area contributed by atoms with Crippen LogP contribution in [0.5, 0.6) is 0 Å². The number of carboxylic acids is 1. The first-order chi connectivity index (χ1) is 9.43. The van der Waals surface area contributed by atoms with Gasteiger partial charge in [-0.15, -0.1) is 5.10 Å². The summed E-state index contributed by atoms with van der Waals surface area (Å²) >= 11 is 0. The standard InChI is InChI=1S/C15H25N3O2/c1-6-8-9-18(10(3)7-2)14-13(15(19)20)11(4)12(5)16-17-14/h10H,6-9H2,1-5H3,(H,19,20). The Kier molecular flexibility index (Phi) is 5.92. The Morgan fingerprint density at radius 1 is 1.30 bits per heavy atom. The maximum absolute atomic E-state index is 11.6. The molecule has 1 aromatic rings. The van der Waals surface area contributed by atoms with Gasteiger partial charge < -0.3 is 10.0 Å². The average Bonchev–Trinajstić information content (AvgIpc) is 2.42. The Morgan fingerprint density at radius 3 is 2.45 bits per heavy atom. The van der Waals surface area contributed by atoms with Crippen LogP contribution in [0.25, 0.3) is 0 Å². The summed E-state index contributed by atoms with van der Waals surface area (Å²) in [5.41, 5.74) is 1.66. The third-order valence-corrected chi connectivity index (χ3v) is 3.80. The van der Waals surface area contributed by atoms with Crippen LogP contribution in [0.15, 0.2) is 0 Å². The zero-order chi connectivity index (χ0) is 15.3. The molecule has 1 atom stereocenters. The molecule has 0 aliphatic heterocycles. The van der Waals surface area contributed by atoms with Crippen molar-refractivity contribution in [3.63, 3.8) is 0 Å². The van der Waals surface area contributed by atoms with Crippen LogP contribution in [0, 0.1) is 13.8 Å². The Bertz CT molecular complexity index is 474. The highest BCUT2D eigenvalue weighted by atomic mass is 16.4. The average molecular weight is 279 g/mol.